The molecule has 1 atom stereocenters. The quantitative estimate of drug-likeness (QED) is 0.571. The molecule has 3 aromatic heterocycles. The molecule has 0 saturated carbocycles. The first-order chi connectivity index (χ1) is 12.5. The van der Waals surface area contributed by atoms with E-state index >= 15 is 0 Å². The number of hydrogen-bond acceptors (Lipinski definition) is 3. The largest absolute Gasteiger partial charge is 0.364 e. The minimum atomic E-state index is -0.505. The van der Waals surface area contributed by atoms with Gasteiger partial charge >= 0.3 is 0 Å². The molecule has 1 aromatic carbocycles. The second-order valence-electron chi connectivity index (χ2n) is 6.09. The van der Waals surface area contributed by atoms with Crippen LogP contribution in [0.15, 0.2) is 60.9 Å². The zero-order chi connectivity index (χ0) is 18.3. The highest BCUT2D eigenvalue weighted by molar-refractivity contribution is 7.28. The summed E-state index contributed by atoms with van der Waals surface area (Å²) in [6.07, 6.45) is 3.39. The maximum atomic E-state index is 11.7. The van der Waals surface area contributed by atoms with Gasteiger partial charge in [-0.25, -0.2) is 4.98 Å². The number of benzene rings is 1. The number of nitrogens with two attached hydrogens (primary N) is 1. The molecule has 1 unspecified atom stereocenters. The summed E-state index contributed by atoms with van der Waals surface area (Å²) in [5.74, 6) is -0.505. The molecule has 0 bridgehead atoms. The molecule has 0 fully saturated rings. The minimum absolute atomic E-state index is 0.360. The van der Waals surface area contributed by atoms with E-state index in [1.807, 2.05) is 55.6 Å². The highest BCUT2D eigenvalue weighted by Crippen LogP contribution is 2.31. The molecule has 128 valence electrons. The van der Waals surface area contributed by atoms with Gasteiger partial charge < -0.3 is 5.73 Å². The lowest BCUT2D eigenvalue weighted by Crippen LogP contribution is -2.13. The first-order valence-electron chi connectivity index (χ1n) is 8.14. The van der Waals surface area contributed by atoms with Gasteiger partial charge in [-0.1, -0.05) is 24.3 Å². The Balaban J connectivity index is 1.97. The number of hydrogen-bond donors (Lipinski definition) is 1. The van der Waals surface area contributed by atoms with E-state index in [0.29, 0.717) is 11.3 Å². The number of fused-ring (bicyclic) bond motifs is 1. The summed E-state index contributed by atoms with van der Waals surface area (Å²) in [6, 6.07) is 16.0. The molecule has 4 rings (SSSR count). The van der Waals surface area contributed by atoms with Crippen molar-refractivity contribution in [1.82, 2.24) is 14.4 Å². The summed E-state index contributed by atoms with van der Waals surface area (Å²) >= 11 is 0. The number of aryl methyl sites for hydroxylation is 1. The van der Waals surface area contributed by atoms with E-state index in [2.05, 4.69) is 25.3 Å². The monoisotopic (exact) mass is 360 g/mol. The number of aromatic nitrogens is 3. The molecule has 6 heteroatoms. The smallest absolute Gasteiger partial charge is 0.267 e. The predicted octanol–water partition coefficient (Wildman–Crippen LogP) is 2.97. The third-order valence-electron chi connectivity index (χ3n) is 4.31. The fourth-order valence-corrected chi connectivity index (χ4v) is 3.52. The van der Waals surface area contributed by atoms with Gasteiger partial charge in [-0.15, -0.1) is 9.24 Å². The van der Waals surface area contributed by atoms with Crippen LogP contribution < -0.4 is 11.0 Å². The molecular formula is C20H17N4OP. The van der Waals surface area contributed by atoms with Crippen LogP contribution in [0, 0.1) is 6.92 Å². The van der Waals surface area contributed by atoms with E-state index in [9.17, 15) is 4.79 Å². The van der Waals surface area contributed by atoms with Crippen LogP contribution >= 0.6 is 9.24 Å². The van der Waals surface area contributed by atoms with E-state index in [-0.39, 0.29) is 0 Å². The number of carbonyl (C=O) groups excluding carboxylic acids is 1. The van der Waals surface area contributed by atoms with Crippen LogP contribution in [0.4, 0.5) is 0 Å². The van der Waals surface area contributed by atoms with Gasteiger partial charge in [0.05, 0.1) is 11.9 Å². The maximum absolute atomic E-state index is 11.7. The van der Waals surface area contributed by atoms with Gasteiger partial charge in [0.15, 0.2) is 0 Å². The van der Waals surface area contributed by atoms with E-state index in [1.165, 1.54) is 6.20 Å². The topological polar surface area (TPSA) is 73.3 Å². The number of amides is 1. The Morgan fingerprint density at radius 3 is 2.69 bits per heavy atom. The molecule has 2 N–H and O–H groups in total. The molecular weight excluding hydrogens is 343 g/mol. The van der Waals surface area contributed by atoms with Crippen molar-refractivity contribution < 1.29 is 4.79 Å². The molecule has 0 saturated heterocycles. The van der Waals surface area contributed by atoms with Crippen LogP contribution in [0.25, 0.3) is 28.0 Å². The molecule has 0 radical (unpaired) electrons. The van der Waals surface area contributed by atoms with Crippen LogP contribution in [0.2, 0.25) is 0 Å². The van der Waals surface area contributed by atoms with Crippen molar-refractivity contribution >= 4 is 26.1 Å². The fourth-order valence-electron chi connectivity index (χ4n) is 3.10. The normalized spacial score (nSPS) is 11.0. The molecule has 0 spiro atoms. The molecule has 0 aliphatic carbocycles. The zero-order valence-electron chi connectivity index (χ0n) is 14.2. The van der Waals surface area contributed by atoms with Crippen molar-refractivity contribution in [1.29, 1.82) is 0 Å². The molecule has 4 aromatic rings. The Hall–Kier alpha value is -3.04. The molecule has 26 heavy (non-hydrogen) atoms. The molecule has 0 aliphatic heterocycles. The standard InChI is InChI=1S/C20H17N4OP/c1-12-4-2-6-15(23-12)19-14(5-3-7-17(19)26)13-8-9-18-22-10-16(20(21)25)24(18)11-13/h2-11H,26H2,1H3,(H2,21,25). The average Bonchev–Trinajstić information content (AvgIpc) is 3.05. The van der Waals surface area contributed by atoms with Gasteiger partial charge in [-0.05, 0) is 47.6 Å². The van der Waals surface area contributed by atoms with E-state index in [1.54, 1.807) is 4.40 Å². The Morgan fingerprint density at radius 1 is 1.12 bits per heavy atom. The van der Waals surface area contributed by atoms with Gasteiger partial charge in [0.2, 0.25) is 0 Å². The number of imidazole rings is 1. The highest BCUT2D eigenvalue weighted by Gasteiger charge is 2.14. The first kappa shape index (κ1) is 16.4. The van der Waals surface area contributed by atoms with Crippen molar-refractivity contribution in [2.45, 2.75) is 6.92 Å². The summed E-state index contributed by atoms with van der Waals surface area (Å²) in [7, 11) is 2.78. The Morgan fingerprint density at radius 2 is 1.92 bits per heavy atom. The minimum Gasteiger partial charge on any atom is -0.364 e. The Kier molecular flexibility index (Phi) is 4.02. The summed E-state index contributed by atoms with van der Waals surface area (Å²) < 4.78 is 1.72. The second kappa shape index (κ2) is 6.36. The van der Waals surface area contributed by atoms with E-state index in [4.69, 9.17) is 5.73 Å². The fraction of sp³-hybridized carbons (Fsp3) is 0.0500. The van der Waals surface area contributed by atoms with Crippen LogP contribution in [-0.4, -0.2) is 20.3 Å². The molecule has 0 aliphatic rings. The van der Waals surface area contributed by atoms with E-state index < -0.39 is 5.91 Å². The van der Waals surface area contributed by atoms with Gasteiger partial charge in [0.1, 0.15) is 11.3 Å². The van der Waals surface area contributed by atoms with Gasteiger partial charge in [-0.3, -0.25) is 14.2 Å². The summed E-state index contributed by atoms with van der Waals surface area (Å²) in [5.41, 5.74) is 11.4. The maximum Gasteiger partial charge on any atom is 0.267 e. The summed E-state index contributed by atoms with van der Waals surface area (Å²) in [6.45, 7) is 1.98. The zero-order valence-corrected chi connectivity index (χ0v) is 15.3. The number of nitrogens with zero attached hydrogens (tertiary/aromatic N) is 3. The van der Waals surface area contributed by atoms with Crippen LogP contribution in [-0.2, 0) is 0 Å². The highest BCUT2D eigenvalue weighted by atomic mass is 31.0. The van der Waals surface area contributed by atoms with Crippen LogP contribution in [0.1, 0.15) is 16.2 Å². The van der Waals surface area contributed by atoms with Crippen molar-refractivity contribution in [2.75, 3.05) is 0 Å². The average molecular weight is 360 g/mol. The third-order valence-corrected chi connectivity index (χ3v) is 4.79. The van der Waals surface area contributed by atoms with Crippen molar-refractivity contribution in [3.63, 3.8) is 0 Å². The second-order valence-corrected chi connectivity index (χ2v) is 6.71. The SMILES string of the molecule is Cc1cccc(-c2c(P)cccc2-c2ccc3ncc(C(N)=O)n3c2)n1. The summed E-state index contributed by atoms with van der Waals surface area (Å²) in [4.78, 5) is 20.6. The Labute approximate surface area is 153 Å². The van der Waals surface area contributed by atoms with Crippen molar-refractivity contribution in [3.05, 3.63) is 72.3 Å². The lowest BCUT2D eigenvalue weighted by molar-refractivity contribution is 0.0995. The number of carbonyl (C=O) groups is 1. The predicted molar refractivity (Wildman–Crippen MR) is 106 cm³/mol. The number of rotatable bonds is 3. The number of pyridine rings is 2. The lowest BCUT2D eigenvalue weighted by Gasteiger charge is -2.13. The first-order valence-corrected chi connectivity index (χ1v) is 8.72. The van der Waals surface area contributed by atoms with Crippen LogP contribution in [0.5, 0.6) is 0 Å². The Bertz CT molecular complexity index is 1150. The van der Waals surface area contributed by atoms with Gasteiger partial charge in [0, 0.05) is 17.5 Å². The van der Waals surface area contributed by atoms with Gasteiger partial charge in [0.25, 0.3) is 5.91 Å². The lowest BCUT2D eigenvalue weighted by atomic mass is 9.98. The number of primary amides is 1. The molecule has 3 heterocycles. The molecule has 5 nitrogen and oxygen atoms in total. The van der Waals surface area contributed by atoms with Crippen LogP contribution in [0.3, 0.4) is 0 Å². The summed E-state index contributed by atoms with van der Waals surface area (Å²) in [5, 5.41) is 1.06. The van der Waals surface area contributed by atoms with Crippen molar-refractivity contribution in [3.8, 4) is 22.4 Å². The van der Waals surface area contributed by atoms with E-state index in [0.717, 1.165) is 33.4 Å². The van der Waals surface area contributed by atoms with Crippen molar-refractivity contribution in [2.24, 2.45) is 5.73 Å². The molecule has 1 amide bonds. The third kappa shape index (κ3) is 2.76. The van der Waals surface area contributed by atoms with Gasteiger partial charge in [-0.2, -0.15) is 0 Å².